The van der Waals surface area contributed by atoms with E-state index in [1.165, 1.54) is 30.7 Å². The molecule has 37 heavy (non-hydrogen) atoms. The second-order valence-electron chi connectivity index (χ2n) is 8.65. The van der Waals surface area contributed by atoms with Gasteiger partial charge in [-0.3, -0.25) is 4.79 Å². The molecule has 10 nitrogen and oxygen atoms in total. The third-order valence-electron chi connectivity index (χ3n) is 6.20. The first-order chi connectivity index (χ1) is 17.4. The Kier molecular flexibility index (Phi) is 11.4. The molecule has 2 aliphatic rings. The van der Waals surface area contributed by atoms with Crippen LogP contribution in [0.1, 0.15) is 38.5 Å². The summed E-state index contributed by atoms with van der Waals surface area (Å²) in [6.45, 7) is 2.55. The number of methoxy groups -OCH3 is 2. The van der Waals surface area contributed by atoms with E-state index in [4.69, 9.17) is 19.4 Å². The molecule has 1 saturated carbocycles. The Labute approximate surface area is 214 Å². The van der Waals surface area contributed by atoms with E-state index in [2.05, 4.69) is 5.32 Å². The minimum atomic E-state index is -5.08. The van der Waals surface area contributed by atoms with E-state index in [0.29, 0.717) is 24.6 Å². The fourth-order valence-corrected chi connectivity index (χ4v) is 5.87. The van der Waals surface area contributed by atoms with Gasteiger partial charge in [0, 0.05) is 38.3 Å². The lowest BCUT2D eigenvalue weighted by Gasteiger charge is -2.33. The molecule has 2 N–H and O–H groups in total. The zero-order valence-corrected chi connectivity index (χ0v) is 21.7. The monoisotopic (exact) mass is 553 g/mol. The quantitative estimate of drug-likeness (QED) is 0.494. The fraction of sp³-hybridized carbons (Fsp3) is 0.652. The van der Waals surface area contributed by atoms with Crippen LogP contribution in [0.3, 0.4) is 0 Å². The molecule has 1 aromatic rings. The molecule has 210 valence electrons. The fourth-order valence-electron chi connectivity index (χ4n) is 4.22. The number of alkyl halides is 3. The van der Waals surface area contributed by atoms with E-state index in [1.54, 1.807) is 11.0 Å². The Bertz CT molecular complexity index is 1010. The molecule has 1 amide bonds. The maximum atomic E-state index is 13.7. The molecular weight excluding hydrogens is 519 g/mol. The van der Waals surface area contributed by atoms with E-state index in [1.807, 2.05) is 0 Å². The topological polar surface area (TPSA) is 125 Å². The van der Waals surface area contributed by atoms with Crippen LogP contribution in [-0.4, -0.2) is 93.8 Å². The molecule has 0 spiro atoms. The van der Waals surface area contributed by atoms with Gasteiger partial charge in [0.15, 0.2) is 11.5 Å². The Balaban J connectivity index is 0.000000604. The SMILES string of the molecule is COc1ccc(S(=O)(=O)N(CC(=O)N2CCNCC2)C2CCCCCC2)cc1OC.O=C(O)C(F)(F)F. The molecule has 1 aliphatic carbocycles. The second kappa shape index (κ2) is 13.8. The van der Waals surface area contributed by atoms with Crippen LogP contribution in [-0.2, 0) is 19.6 Å². The normalized spacial score (nSPS) is 17.4. The Morgan fingerprint density at radius 1 is 1.05 bits per heavy atom. The Morgan fingerprint density at radius 2 is 1.59 bits per heavy atom. The largest absolute Gasteiger partial charge is 0.493 e. The summed E-state index contributed by atoms with van der Waals surface area (Å²) in [6.07, 6.45) is 0.635. The molecule has 1 aromatic carbocycles. The third-order valence-corrected chi connectivity index (χ3v) is 8.09. The average molecular weight is 554 g/mol. The number of piperazine rings is 1. The van der Waals surface area contributed by atoms with Crippen LogP contribution in [0, 0.1) is 0 Å². The number of carbonyl (C=O) groups is 2. The van der Waals surface area contributed by atoms with Crippen molar-refractivity contribution in [1.82, 2.24) is 14.5 Å². The summed E-state index contributed by atoms with van der Waals surface area (Å²) >= 11 is 0. The number of amides is 1. The first kappa shape index (κ1) is 30.6. The van der Waals surface area contributed by atoms with Gasteiger partial charge in [-0.15, -0.1) is 0 Å². The first-order valence-electron chi connectivity index (χ1n) is 11.9. The van der Waals surface area contributed by atoms with Crippen LogP contribution in [0.4, 0.5) is 13.2 Å². The maximum Gasteiger partial charge on any atom is 0.490 e. The lowest BCUT2D eigenvalue weighted by molar-refractivity contribution is -0.192. The van der Waals surface area contributed by atoms with Gasteiger partial charge in [0.1, 0.15) is 0 Å². The van der Waals surface area contributed by atoms with Crippen molar-refractivity contribution in [2.45, 2.75) is 55.6 Å². The molecule has 0 unspecified atom stereocenters. The molecule has 0 bridgehead atoms. The van der Waals surface area contributed by atoms with E-state index < -0.39 is 22.2 Å². The van der Waals surface area contributed by atoms with Crippen molar-refractivity contribution in [2.75, 3.05) is 46.9 Å². The van der Waals surface area contributed by atoms with Crippen LogP contribution in [0.2, 0.25) is 0 Å². The van der Waals surface area contributed by atoms with Gasteiger partial charge in [-0.2, -0.15) is 17.5 Å². The molecule has 0 atom stereocenters. The number of hydrogen-bond acceptors (Lipinski definition) is 7. The first-order valence-corrected chi connectivity index (χ1v) is 13.4. The van der Waals surface area contributed by atoms with Gasteiger partial charge < -0.3 is 24.8 Å². The highest BCUT2D eigenvalue weighted by atomic mass is 32.2. The van der Waals surface area contributed by atoms with Gasteiger partial charge in [-0.25, -0.2) is 13.2 Å². The molecule has 0 aromatic heterocycles. The van der Waals surface area contributed by atoms with Crippen molar-refractivity contribution >= 4 is 21.9 Å². The predicted molar refractivity (Wildman–Crippen MR) is 128 cm³/mol. The summed E-state index contributed by atoms with van der Waals surface area (Å²) in [4.78, 5) is 23.8. The minimum Gasteiger partial charge on any atom is -0.493 e. The van der Waals surface area contributed by atoms with Crippen molar-refractivity contribution in [1.29, 1.82) is 0 Å². The number of nitrogens with zero attached hydrogens (tertiary/aromatic N) is 2. The number of carboxylic acids is 1. The molecule has 1 heterocycles. The van der Waals surface area contributed by atoms with Crippen molar-refractivity contribution < 1.29 is 45.8 Å². The van der Waals surface area contributed by atoms with Gasteiger partial charge in [0.25, 0.3) is 0 Å². The van der Waals surface area contributed by atoms with Gasteiger partial charge in [-0.1, -0.05) is 25.7 Å². The lowest BCUT2D eigenvalue weighted by Crippen LogP contribution is -2.52. The van der Waals surface area contributed by atoms with Gasteiger partial charge in [0.2, 0.25) is 15.9 Å². The summed E-state index contributed by atoms with van der Waals surface area (Å²) < 4.78 is 71.1. The summed E-state index contributed by atoms with van der Waals surface area (Å²) in [5.41, 5.74) is 0. The van der Waals surface area contributed by atoms with Crippen molar-refractivity contribution in [3.8, 4) is 11.5 Å². The highest BCUT2D eigenvalue weighted by Crippen LogP contribution is 2.33. The predicted octanol–water partition coefficient (Wildman–Crippen LogP) is 2.48. The van der Waals surface area contributed by atoms with E-state index >= 15 is 0 Å². The molecular formula is C23H34F3N3O7S. The summed E-state index contributed by atoms with van der Waals surface area (Å²) in [5.74, 6) is -2.07. The lowest BCUT2D eigenvalue weighted by atomic mass is 10.1. The van der Waals surface area contributed by atoms with Gasteiger partial charge in [-0.05, 0) is 25.0 Å². The number of nitrogens with one attached hydrogen (secondary N) is 1. The molecule has 2 fully saturated rings. The Morgan fingerprint density at radius 3 is 2.08 bits per heavy atom. The number of carboxylic acid groups (broad SMARTS) is 1. The number of sulfonamides is 1. The number of ether oxygens (including phenoxy) is 2. The van der Waals surface area contributed by atoms with Gasteiger partial charge in [0.05, 0.1) is 25.7 Å². The standard InChI is InChI=1S/C21H33N3O5S.C2HF3O2/c1-28-19-10-9-18(15-20(19)29-2)30(26,27)24(17-7-5-3-4-6-8-17)16-21(25)23-13-11-22-12-14-23;3-2(4,5)1(6)7/h9-10,15,17,22H,3-8,11-14,16H2,1-2H3;(H,6,7). The average Bonchev–Trinajstić information content (AvgIpc) is 3.16. The van der Waals surface area contributed by atoms with Crippen LogP contribution in [0.15, 0.2) is 23.1 Å². The third kappa shape index (κ3) is 8.75. The second-order valence-corrected chi connectivity index (χ2v) is 10.5. The van der Waals surface area contributed by atoms with E-state index in [-0.39, 0.29) is 23.4 Å². The molecule has 1 aliphatic heterocycles. The molecule has 1 saturated heterocycles. The zero-order chi connectivity index (χ0) is 27.6. The van der Waals surface area contributed by atoms with E-state index in [9.17, 15) is 26.4 Å². The number of benzene rings is 1. The smallest absolute Gasteiger partial charge is 0.490 e. The maximum absolute atomic E-state index is 13.7. The number of rotatable bonds is 7. The summed E-state index contributed by atoms with van der Waals surface area (Å²) in [7, 11) is -0.886. The molecule has 0 radical (unpaired) electrons. The Hall–Kier alpha value is -2.58. The highest BCUT2D eigenvalue weighted by Gasteiger charge is 2.38. The minimum absolute atomic E-state index is 0.123. The van der Waals surface area contributed by atoms with Crippen molar-refractivity contribution in [3.63, 3.8) is 0 Å². The molecule has 3 rings (SSSR count). The highest BCUT2D eigenvalue weighted by molar-refractivity contribution is 7.89. The number of carbonyl (C=O) groups excluding carboxylic acids is 1. The van der Waals surface area contributed by atoms with Gasteiger partial charge >= 0.3 is 12.1 Å². The zero-order valence-electron chi connectivity index (χ0n) is 20.9. The van der Waals surface area contributed by atoms with E-state index in [0.717, 1.165) is 51.6 Å². The van der Waals surface area contributed by atoms with Crippen LogP contribution >= 0.6 is 0 Å². The van der Waals surface area contributed by atoms with Crippen molar-refractivity contribution in [3.05, 3.63) is 18.2 Å². The van der Waals surface area contributed by atoms with Crippen molar-refractivity contribution in [2.24, 2.45) is 0 Å². The van der Waals surface area contributed by atoms with Crippen LogP contribution in [0.25, 0.3) is 0 Å². The van der Waals surface area contributed by atoms with Crippen LogP contribution < -0.4 is 14.8 Å². The number of hydrogen-bond donors (Lipinski definition) is 2. The van der Waals surface area contributed by atoms with Crippen LogP contribution in [0.5, 0.6) is 11.5 Å². The number of halogens is 3. The summed E-state index contributed by atoms with van der Waals surface area (Å²) in [6, 6.07) is 4.43. The summed E-state index contributed by atoms with van der Waals surface area (Å²) in [5, 5.41) is 10.3. The molecule has 14 heteroatoms. The number of aliphatic carboxylic acids is 1.